The Hall–Kier alpha value is -2.44. The molecule has 0 unspecified atom stereocenters. The number of ether oxygens (including phenoxy) is 1. The molecule has 7 heteroatoms. The summed E-state index contributed by atoms with van der Waals surface area (Å²) in [4.78, 5) is 20.9. The molecule has 0 radical (unpaired) electrons. The molecule has 144 valence electrons. The first-order chi connectivity index (χ1) is 12.4. The third-order valence-electron chi connectivity index (χ3n) is 4.74. The summed E-state index contributed by atoms with van der Waals surface area (Å²) in [5.74, 6) is 1.73. The second-order valence-corrected chi connectivity index (χ2v) is 7.04. The van der Waals surface area contributed by atoms with E-state index in [0.717, 1.165) is 37.9 Å². The maximum absolute atomic E-state index is 11.9. The van der Waals surface area contributed by atoms with Gasteiger partial charge in [0.15, 0.2) is 5.96 Å². The predicted octanol–water partition coefficient (Wildman–Crippen LogP) is 1.16. The highest BCUT2D eigenvalue weighted by atomic mass is 16.5. The maximum atomic E-state index is 11.9. The highest BCUT2D eigenvalue weighted by Gasteiger charge is 2.28. The first-order valence-corrected chi connectivity index (χ1v) is 8.98. The molecule has 1 aliphatic rings. The number of aliphatic imine (C=N–C) groups is 1. The lowest BCUT2D eigenvalue weighted by Gasteiger charge is -2.38. The number of rotatable bonds is 5. The fourth-order valence-corrected chi connectivity index (χ4v) is 3.03. The van der Waals surface area contributed by atoms with E-state index in [1.54, 1.807) is 21.2 Å². The number of carbonyl (C=O) groups excluding carboxylic acids is 1. The molecule has 1 aliphatic heterocycles. The molecule has 2 N–H and O–H groups in total. The van der Waals surface area contributed by atoms with E-state index in [0.29, 0.717) is 6.54 Å². The maximum Gasteiger partial charge on any atom is 0.227 e. The molecule has 1 fully saturated rings. The monoisotopic (exact) mass is 361 g/mol. The summed E-state index contributed by atoms with van der Waals surface area (Å²) < 4.78 is 5.32. The van der Waals surface area contributed by atoms with Crippen LogP contribution in [0.15, 0.2) is 29.3 Å². The van der Waals surface area contributed by atoms with Crippen molar-refractivity contribution in [2.45, 2.75) is 13.8 Å². The van der Waals surface area contributed by atoms with Crippen LogP contribution in [0.25, 0.3) is 0 Å². The van der Waals surface area contributed by atoms with Crippen LogP contribution in [0.5, 0.6) is 5.75 Å². The van der Waals surface area contributed by atoms with Gasteiger partial charge in [0, 0.05) is 58.6 Å². The summed E-state index contributed by atoms with van der Waals surface area (Å²) in [5.41, 5.74) is 0.681. The van der Waals surface area contributed by atoms with E-state index in [4.69, 9.17) is 4.74 Å². The minimum atomic E-state index is -0.493. The first kappa shape index (κ1) is 19.9. The van der Waals surface area contributed by atoms with E-state index in [2.05, 4.69) is 37.6 Å². The lowest BCUT2D eigenvalue weighted by atomic mass is 9.92. The zero-order chi connectivity index (χ0) is 19.2. The van der Waals surface area contributed by atoms with Crippen LogP contribution < -0.4 is 20.3 Å². The van der Waals surface area contributed by atoms with Crippen molar-refractivity contribution in [2.24, 2.45) is 10.4 Å². The molecule has 1 saturated heterocycles. The normalized spacial score (nSPS) is 15.7. The van der Waals surface area contributed by atoms with Crippen molar-refractivity contribution in [2.75, 3.05) is 58.8 Å². The van der Waals surface area contributed by atoms with Crippen LogP contribution >= 0.6 is 0 Å². The van der Waals surface area contributed by atoms with Gasteiger partial charge in [0.2, 0.25) is 5.91 Å². The standard InChI is InChI=1S/C19H31N5O2/c1-19(2,17(25)20-3)14-22-18(21-4)24-11-9-23(10-12-24)15-7-6-8-16(13-15)26-5/h6-8,13H,9-12,14H2,1-5H3,(H,20,25)(H,21,22). The van der Waals surface area contributed by atoms with E-state index in [1.165, 1.54) is 5.69 Å². The average Bonchev–Trinajstić information content (AvgIpc) is 2.68. The Morgan fingerprint density at radius 2 is 1.96 bits per heavy atom. The summed E-state index contributed by atoms with van der Waals surface area (Å²) in [6.07, 6.45) is 0. The van der Waals surface area contributed by atoms with Crippen molar-refractivity contribution >= 4 is 17.6 Å². The third kappa shape index (κ3) is 4.80. The van der Waals surface area contributed by atoms with Crippen molar-refractivity contribution in [3.63, 3.8) is 0 Å². The van der Waals surface area contributed by atoms with Crippen LogP contribution in [0.4, 0.5) is 5.69 Å². The number of benzene rings is 1. The Bertz CT molecular complexity index is 637. The van der Waals surface area contributed by atoms with Gasteiger partial charge in [-0.05, 0) is 26.0 Å². The molecule has 0 aromatic heterocycles. The summed E-state index contributed by atoms with van der Waals surface area (Å²) in [6.45, 7) is 7.95. The van der Waals surface area contributed by atoms with E-state index >= 15 is 0 Å². The number of nitrogens with one attached hydrogen (secondary N) is 2. The lowest BCUT2D eigenvalue weighted by Crippen LogP contribution is -2.54. The van der Waals surface area contributed by atoms with Crippen molar-refractivity contribution in [3.05, 3.63) is 24.3 Å². The number of hydrogen-bond acceptors (Lipinski definition) is 4. The van der Waals surface area contributed by atoms with Gasteiger partial charge in [-0.15, -0.1) is 0 Å². The van der Waals surface area contributed by atoms with Crippen molar-refractivity contribution in [1.29, 1.82) is 0 Å². The number of methoxy groups -OCH3 is 1. The van der Waals surface area contributed by atoms with E-state index in [9.17, 15) is 4.79 Å². The van der Waals surface area contributed by atoms with E-state index in [-0.39, 0.29) is 5.91 Å². The molecule has 0 atom stereocenters. The largest absolute Gasteiger partial charge is 0.497 e. The van der Waals surface area contributed by atoms with Gasteiger partial charge in [0.05, 0.1) is 12.5 Å². The summed E-state index contributed by atoms with van der Waals surface area (Å²) in [6, 6.07) is 8.15. The highest BCUT2D eigenvalue weighted by Crippen LogP contribution is 2.22. The van der Waals surface area contributed by atoms with Crippen molar-refractivity contribution in [1.82, 2.24) is 15.5 Å². The average molecular weight is 361 g/mol. The minimum absolute atomic E-state index is 0.0169. The molecule has 0 spiro atoms. The fraction of sp³-hybridized carbons (Fsp3) is 0.579. The molecule has 1 aromatic carbocycles. The molecule has 0 bridgehead atoms. The predicted molar refractivity (Wildman–Crippen MR) is 106 cm³/mol. The SMILES string of the molecule is CN=C(NCC(C)(C)C(=O)NC)N1CCN(c2cccc(OC)c2)CC1. The van der Waals surface area contributed by atoms with Crippen molar-refractivity contribution < 1.29 is 9.53 Å². The lowest BCUT2D eigenvalue weighted by molar-refractivity contribution is -0.128. The van der Waals surface area contributed by atoms with E-state index in [1.807, 2.05) is 26.0 Å². The van der Waals surface area contributed by atoms with Crippen LogP contribution in [0.1, 0.15) is 13.8 Å². The molecule has 1 aromatic rings. The molecule has 7 nitrogen and oxygen atoms in total. The molecule has 2 rings (SSSR count). The number of nitrogens with zero attached hydrogens (tertiary/aromatic N) is 3. The van der Waals surface area contributed by atoms with Gasteiger partial charge >= 0.3 is 0 Å². The van der Waals surface area contributed by atoms with Crippen LogP contribution in [0, 0.1) is 5.41 Å². The molecule has 0 aliphatic carbocycles. The summed E-state index contributed by atoms with van der Waals surface area (Å²) in [5, 5.41) is 6.05. The number of carbonyl (C=O) groups is 1. The Balaban J connectivity index is 1.92. The van der Waals surface area contributed by atoms with Crippen LogP contribution in [0.3, 0.4) is 0 Å². The molecular formula is C19H31N5O2. The van der Waals surface area contributed by atoms with Gasteiger partial charge in [-0.1, -0.05) is 6.07 Å². The molecule has 0 saturated carbocycles. The van der Waals surface area contributed by atoms with Gasteiger partial charge in [0.25, 0.3) is 0 Å². The van der Waals surface area contributed by atoms with Gasteiger partial charge in [-0.25, -0.2) is 0 Å². The molecule has 26 heavy (non-hydrogen) atoms. The summed E-state index contributed by atoms with van der Waals surface area (Å²) >= 11 is 0. The van der Waals surface area contributed by atoms with Crippen LogP contribution in [0.2, 0.25) is 0 Å². The first-order valence-electron chi connectivity index (χ1n) is 8.98. The fourth-order valence-electron chi connectivity index (χ4n) is 3.03. The van der Waals surface area contributed by atoms with E-state index < -0.39 is 5.41 Å². The molecule has 1 amide bonds. The highest BCUT2D eigenvalue weighted by molar-refractivity contribution is 5.84. The Morgan fingerprint density at radius 3 is 2.54 bits per heavy atom. The Labute approximate surface area is 156 Å². The molecular weight excluding hydrogens is 330 g/mol. The molecule has 1 heterocycles. The Morgan fingerprint density at radius 1 is 1.27 bits per heavy atom. The number of piperazine rings is 1. The second-order valence-electron chi connectivity index (χ2n) is 7.04. The zero-order valence-electron chi connectivity index (χ0n) is 16.5. The number of anilines is 1. The van der Waals surface area contributed by atoms with Gasteiger partial charge in [-0.3, -0.25) is 9.79 Å². The van der Waals surface area contributed by atoms with Gasteiger partial charge in [0.1, 0.15) is 5.75 Å². The summed E-state index contributed by atoms with van der Waals surface area (Å²) in [7, 11) is 5.13. The van der Waals surface area contributed by atoms with Gasteiger partial charge in [-0.2, -0.15) is 0 Å². The number of amides is 1. The topological polar surface area (TPSA) is 69.2 Å². The number of hydrogen-bond donors (Lipinski definition) is 2. The quantitative estimate of drug-likeness (QED) is 0.609. The Kier molecular flexibility index (Phi) is 6.71. The zero-order valence-corrected chi connectivity index (χ0v) is 16.5. The van der Waals surface area contributed by atoms with Crippen LogP contribution in [-0.4, -0.2) is 70.7 Å². The van der Waals surface area contributed by atoms with Gasteiger partial charge < -0.3 is 25.2 Å². The van der Waals surface area contributed by atoms with Crippen LogP contribution in [-0.2, 0) is 4.79 Å². The van der Waals surface area contributed by atoms with Crippen molar-refractivity contribution in [3.8, 4) is 5.75 Å². The third-order valence-corrected chi connectivity index (χ3v) is 4.74. The smallest absolute Gasteiger partial charge is 0.227 e. The number of guanidine groups is 1. The second kappa shape index (κ2) is 8.78. The minimum Gasteiger partial charge on any atom is -0.497 e.